The van der Waals surface area contributed by atoms with Crippen LogP contribution in [0.2, 0.25) is 0 Å². The van der Waals surface area contributed by atoms with Gasteiger partial charge in [0.2, 0.25) is 0 Å². The smallest absolute Gasteiger partial charge is 0.163 e. The van der Waals surface area contributed by atoms with Crippen molar-refractivity contribution < 1.29 is 13.9 Å². The second-order valence-corrected chi connectivity index (χ2v) is 7.44. The number of benzene rings is 2. The van der Waals surface area contributed by atoms with E-state index in [1.54, 1.807) is 7.11 Å². The number of aromatic nitrogens is 1. The van der Waals surface area contributed by atoms with Gasteiger partial charge in [-0.25, -0.2) is 9.37 Å². The van der Waals surface area contributed by atoms with E-state index >= 15 is 0 Å². The van der Waals surface area contributed by atoms with Gasteiger partial charge in [0.25, 0.3) is 0 Å². The molecule has 1 fully saturated rings. The van der Waals surface area contributed by atoms with Crippen molar-refractivity contribution in [1.29, 1.82) is 0 Å². The lowest BCUT2D eigenvalue weighted by molar-refractivity contribution is 0.243. The number of methoxy groups -OCH3 is 1. The summed E-state index contributed by atoms with van der Waals surface area (Å²) in [5, 5.41) is 5.59. The Balaban J connectivity index is 1.58. The first kappa shape index (κ1) is 19.7. The third-order valence-corrected chi connectivity index (χ3v) is 5.41. The van der Waals surface area contributed by atoms with Crippen molar-refractivity contribution in [3.05, 3.63) is 36.4 Å². The molecule has 0 bridgehead atoms. The number of hydrogen-bond donors (Lipinski definition) is 1. The first-order valence-electron chi connectivity index (χ1n) is 10.3. The van der Waals surface area contributed by atoms with Gasteiger partial charge < -0.3 is 19.7 Å². The summed E-state index contributed by atoms with van der Waals surface area (Å²) in [5.41, 5.74) is 2.88. The zero-order valence-electron chi connectivity index (χ0n) is 17.1. The fraction of sp³-hybridized carbons (Fsp3) is 0.435. The fourth-order valence-corrected chi connectivity index (χ4v) is 4.00. The lowest BCUT2D eigenvalue weighted by Crippen LogP contribution is -2.23. The number of likely N-dealkylation sites (tertiary alicyclic amines) is 1. The van der Waals surface area contributed by atoms with Gasteiger partial charge in [0.15, 0.2) is 11.5 Å². The second-order valence-electron chi connectivity index (χ2n) is 7.44. The van der Waals surface area contributed by atoms with Gasteiger partial charge in [-0.05, 0) is 31.9 Å². The second kappa shape index (κ2) is 8.82. The molecule has 0 spiro atoms. The summed E-state index contributed by atoms with van der Waals surface area (Å²) in [6.45, 7) is 5.70. The Hall–Kier alpha value is -2.60. The van der Waals surface area contributed by atoms with Crippen LogP contribution in [0, 0.1) is 0 Å². The Morgan fingerprint density at radius 3 is 2.79 bits per heavy atom. The molecular weight excluding hydrogens is 369 g/mol. The Kier molecular flexibility index (Phi) is 6.00. The average molecular weight is 397 g/mol. The number of alkyl halides is 1. The van der Waals surface area contributed by atoms with Crippen LogP contribution in [0.1, 0.15) is 19.8 Å². The van der Waals surface area contributed by atoms with Gasteiger partial charge >= 0.3 is 0 Å². The predicted octanol–water partition coefficient (Wildman–Crippen LogP) is 4.64. The molecule has 2 aromatic carbocycles. The van der Waals surface area contributed by atoms with Crippen molar-refractivity contribution in [1.82, 2.24) is 9.88 Å². The monoisotopic (exact) mass is 397 g/mol. The predicted molar refractivity (Wildman–Crippen MR) is 116 cm³/mol. The largest absolute Gasteiger partial charge is 0.493 e. The Morgan fingerprint density at radius 2 is 2.03 bits per heavy atom. The number of halogens is 1. The third-order valence-electron chi connectivity index (χ3n) is 5.41. The number of anilines is 1. The molecule has 0 amide bonds. The van der Waals surface area contributed by atoms with Crippen molar-refractivity contribution in [3.8, 4) is 11.5 Å². The SMILES string of the molecule is CCNc1c2ccccc2nc2cc(OCCCN3CC[C@@H](F)C3)c(OC)cc12. The van der Waals surface area contributed by atoms with E-state index in [2.05, 4.69) is 23.2 Å². The molecule has 0 unspecified atom stereocenters. The molecule has 2 heterocycles. The summed E-state index contributed by atoms with van der Waals surface area (Å²) < 4.78 is 24.9. The number of hydrogen-bond acceptors (Lipinski definition) is 5. The van der Waals surface area contributed by atoms with Gasteiger partial charge in [0, 0.05) is 43.0 Å². The molecule has 6 heteroatoms. The highest BCUT2D eigenvalue weighted by atomic mass is 19.1. The maximum absolute atomic E-state index is 13.3. The molecule has 3 aromatic rings. The number of para-hydroxylation sites is 1. The first-order chi connectivity index (χ1) is 14.2. The number of nitrogens with zero attached hydrogens (tertiary/aromatic N) is 2. The number of nitrogens with one attached hydrogen (secondary N) is 1. The number of rotatable bonds is 8. The van der Waals surface area contributed by atoms with E-state index in [1.165, 1.54) is 0 Å². The van der Waals surface area contributed by atoms with Crippen LogP contribution in [0.5, 0.6) is 11.5 Å². The zero-order chi connectivity index (χ0) is 20.2. The van der Waals surface area contributed by atoms with E-state index in [0.717, 1.165) is 53.5 Å². The van der Waals surface area contributed by atoms with Crippen LogP contribution in [0.15, 0.2) is 36.4 Å². The van der Waals surface area contributed by atoms with E-state index in [0.29, 0.717) is 31.1 Å². The van der Waals surface area contributed by atoms with Gasteiger partial charge in [-0.3, -0.25) is 0 Å². The highest BCUT2D eigenvalue weighted by Gasteiger charge is 2.21. The molecule has 154 valence electrons. The van der Waals surface area contributed by atoms with E-state index in [9.17, 15) is 4.39 Å². The maximum Gasteiger partial charge on any atom is 0.163 e. The van der Waals surface area contributed by atoms with E-state index < -0.39 is 6.17 Å². The zero-order valence-corrected chi connectivity index (χ0v) is 17.1. The van der Waals surface area contributed by atoms with Crippen molar-refractivity contribution in [2.45, 2.75) is 25.9 Å². The van der Waals surface area contributed by atoms with Crippen LogP contribution >= 0.6 is 0 Å². The summed E-state index contributed by atoms with van der Waals surface area (Å²) >= 11 is 0. The van der Waals surface area contributed by atoms with E-state index in [-0.39, 0.29) is 0 Å². The molecule has 1 aromatic heterocycles. The lowest BCUT2D eigenvalue weighted by atomic mass is 10.1. The molecule has 5 nitrogen and oxygen atoms in total. The molecule has 1 aliphatic rings. The van der Waals surface area contributed by atoms with Crippen molar-refractivity contribution >= 4 is 27.5 Å². The maximum atomic E-state index is 13.3. The molecule has 0 saturated carbocycles. The molecule has 4 rings (SSSR count). The van der Waals surface area contributed by atoms with Crippen LogP contribution in [-0.4, -0.2) is 56.0 Å². The minimum Gasteiger partial charge on any atom is -0.493 e. The van der Waals surface area contributed by atoms with Crippen LogP contribution in [0.3, 0.4) is 0 Å². The number of fused-ring (bicyclic) bond motifs is 2. The summed E-state index contributed by atoms with van der Waals surface area (Å²) in [7, 11) is 1.65. The highest BCUT2D eigenvalue weighted by molar-refractivity contribution is 6.08. The number of ether oxygens (including phenoxy) is 2. The first-order valence-corrected chi connectivity index (χ1v) is 10.3. The van der Waals surface area contributed by atoms with Crippen molar-refractivity contribution in [2.75, 3.05) is 45.2 Å². The highest BCUT2D eigenvalue weighted by Crippen LogP contribution is 2.38. The molecule has 29 heavy (non-hydrogen) atoms. The average Bonchev–Trinajstić information content (AvgIpc) is 3.15. The molecule has 0 aliphatic carbocycles. The van der Waals surface area contributed by atoms with Crippen molar-refractivity contribution in [3.63, 3.8) is 0 Å². The number of pyridine rings is 1. The summed E-state index contributed by atoms with van der Waals surface area (Å²) in [6, 6.07) is 12.1. The van der Waals surface area contributed by atoms with Gasteiger partial charge in [-0.15, -0.1) is 0 Å². The van der Waals surface area contributed by atoms with Crippen LogP contribution in [0.4, 0.5) is 10.1 Å². The molecule has 1 N–H and O–H groups in total. The summed E-state index contributed by atoms with van der Waals surface area (Å²) in [5.74, 6) is 1.38. The summed E-state index contributed by atoms with van der Waals surface area (Å²) in [4.78, 5) is 6.99. The van der Waals surface area contributed by atoms with Crippen molar-refractivity contribution in [2.24, 2.45) is 0 Å². The Bertz CT molecular complexity index is 995. The fourth-order valence-electron chi connectivity index (χ4n) is 4.00. The molecule has 0 radical (unpaired) electrons. The quantitative estimate of drug-likeness (QED) is 0.443. The topological polar surface area (TPSA) is 46.6 Å². The minimum atomic E-state index is -0.677. The summed E-state index contributed by atoms with van der Waals surface area (Å²) in [6.07, 6.45) is 0.817. The van der Waals surface area contributed by atoms with Crippen LogP contribution < -0.4 is 14.8 Å². The molecule has 1 atom stereocenters. The standard InChI is InChI=1S/C23H28FN3O2/c1-3-25-23-17-7-4-5-8-19(17)26-20-14-22(21(28-2)13-18(20)23)29-12-6-10-27-11-9-16(24)15-27/h4-5,7-8,13-14,16H,3,6,9-12,15H2,1-2H3,(H,25,26)/t16-/m1/s1. The van der Waals surface area contributed by atoms with E-state index in [4.69, 9.17) is 14.5 Å². The Morgan fingerprint density at radius 1 is 1.17 bits per heavy atom. The van der Waals surface area contributed by atoms with Crippen LogP contribution in [0.25, 0.3) is 21.8 Å². The lowest BCUT2D eigenvalue weighted by Gasteiger charge is -2.17. The molecule has 1 saturated heterocycles. The van der Waals surface area contributed by atoms with Gasteiger partial charge in [0.05, 0.1) is 30.4 Å². The van der Waals surface area contributed by atoms with Gasteiger partial charge in [-0.2, -0.15) is 0 Å². The normalized spacial score (nSPS) is 17.1. The third kappa shape index (κ3) is 4.22. The van der Waals surface area contributed by atoms with Crippen LogP contribution in [-0.2, 0) is 0 Å². The minimum absolute atomic E-state index is 0.545. The molecule has 1 aliphatic heterocycles. The molecular formula is C23H28FN3O2. The van der Waals surface area contributed by atoms with Gasteiger partial charge in [0.1, 0.15) is 6.17 Å². The van der Waals surface area contributed by atoms with E-state index in [1.807, 2.05) is 30.3 Å². The Labute approximate surface area is 170 Å². The van der Waals surface area contributed by atoms with Gasteiger partial charge in [-0.1, -0.05) is 18.2 Å².